The van der Waals surface area contributed by atoms with E-state index in [1.807, 2.05) is 0 Å². The van der Waals surface area contributed by atoms with Gasteiger partial charge in [-0.25, -0.2) is 0 Å². The summed E-state index contributed by atoms with van der Waals surface area (Å²) >= 11 is 0. The van der Waals surface area contributed by atoms with Gasteiger partial charge in [-0.3, -0.25) is 0 Å². The summed E-state index contributed by atoms with van der Waals surface area (Å²) in [6, 6.07) is 8.91. The first-order chi connectivity index (χ1) is 7.66. The molecule has 2 atom stereocenters. The third-order valence-electron chi connectivity index (χ3n) is 3.12. The molecule has 1 heterocycles. The van der Waals surface area contributed by atoms with Crippen molar-refractivity contribution in [1.82, 2.24) is 5.32 Å². The Balaban J connectivity index is 2.19. The number of hydrogen-bond acceptors (Lipinski definition) is 3. The normalized spacial score (nSPS) is 26.6. The highest BCUT2D eigenvalue weighted by molar-refractivity contribution is 5.48. The van der Waals surface area contributed by atoms with Gasteiger partial charge in [-0.15, -0.1) is 0 Å². The molecule has 16 heavy (non-hydrogen) atoms. The molecule has 1 aromatic rings. The molecule has 0 amide bonds. The standard InChI is InChI=1S/C13H20N2O/c1-10-3-5-12(6-4-10)15-9-13(16)8-14-7-11(15)2/h3-6,11,13-14,16H,7-9H2,1-2H3. The van der Waals surface area contributed by atoms with Gasteiger partial charge in [0.25, 0.3) is 0 Å². The number of β-amino-alcohol motifs (C(OH)–C–C–N with tert-alkyl or cyclic N) is 1. The lowest BCUT2D eigenvalue weighted by Gasteiger charge is -2.30. The molecule has 1 aromatic carbocycles. The van der Waals surface area contributed by atoms with Crippen LogP contribution >= 0.6 is 0 Å². The minimum Gasteiger partial charge on any atom is -0.390 e. The van der Waals surface area contributed by atoms with E-state index in [1.54, 1.807) is 0 Å². The van der Waals surface area contributed by atoms with Gasteiger partial charge >= 0.3 is 0 Å². The molecule has 1 fully saturated rings. The van der Waals surface area contributed by atoms with Crippen molar-refractivity contribution < 1.29 is 5.11 Å². The molecule has 0 spiro atoms. The predicted molar refractivity (Wildman–Crippen MR) is 66.9 cm³/mol. The first kappa shape index (κ1) is 11.4. The number of aliphatic hydroxyl groups is 1. The Labute approximate surface area is 97.1 Å². The molecular weight excluding hydrogens is 200 g/mol. The SMILES string of the molecule is Cc1ccc(N2CC(O)CNCC2C)cc1. The first-order valence-electron chi connectivity index (χ1n) is 5.89. The maximum atomic E-state index is 9.79. The second-order valence-corrected chi connectivity index (χ2v) is 4.65. The molecule has 0 radical (unpaired) electrons. The summed E-state index contributed by atoms with van der Waals surface area (Å²) < 4.78 is 0. The Morgan fingerprint density at radius 1 is 1.25 bits per heavy atom. The van der Waals surface area contributed by atoms with Gasteiger partial charge in [0, 0.05) is 31.4 Å². The quantitative estimate of drug-likeness (QED) is 0.745. The third kappa shape index (κ3) is 2.54. The number of nitrogens with zero attached hydrogens (tertiary/aromatic N) is 1. The van der Waals surface area contributed by atoms with E-state index >= 15 is 0 Å². The number of nitrogens with one attached hydrogen (secondary N) is 1. The fraction of sp³-hybridized carbons (Fsp3) is 0.538. The minimum atomic E-state index is -0.286. The van der Waals surface area contributed by atoms with E-state index in [2.05, 4.69) is 48.3 Å². The molecule has 1 aliphatic rings. The van der Waals surface area contributed by atoms with Crippen LogP contribution in [0.2, 0.25) is 0 Å². The number of anilines is 1. The number of aliphatic hydroxyl groups excluding tert-OH is 1. The van der Waals surface area contributed by atoms with E-state index in [4.69, 9.17) is 0 Å². The van der Waals surface area contributed by atoms with Gasteiger partial charge < -0.3 is 15.3 Å². The van der Waals surface area contributed by atoms with E-state index < -0.39 is 0 Å². The van der Waals surface area contributed by atoms with E-state index in [9.17, 15) is 5.11 Å². The Morgan fingerprint density at radius 2 is 1.94 bits per heavy atom. The van der Waals surface area contributed by atoms with Crippen LogP contribution in [-0.2, 0) is 0 Å². The second-order valence-electron chi connectivity index (χ2n) is 4.65. The van der Waals surface area contributed by atoms with Crippen molar-refractivity contribution in [3.63, 3.8) is 0 Å². The van der Waals surface area contributed by atoms with E-state index in [0.29, 0.717) is 19.1 Å². The first-order valence-corrected chi connectivity index (χ1v) is 5.89. The van der Waals surface area contributed by atoms with Crippen molar-refractivity contribution in [2.75, 3.05) is 24.5 Å². The zero-order valence-electron chi connectivity index (χ0n) is 9.98. The van der Waals surface area contributed by atoms with Crippen molar-refractivity contribution in [3.8, 4) is 0 Å². The molecule has 1 saturated heterocycles. The molecule has 3 heteroatoms. The van der Waals surface area contributed by atoms with Gasteiger partial charge in [0.2, 0.25) is 0 Å². The van der Waals surface area contributed by atoms with E-state index in [1.165, 1.54) is 11.3 Å². The lowest BCUT2D eigenvalue weighted by molar-refractivity contribution is 0.184. The largest absolute Gasteiger partial charge is 0.390 e. The van der Waals surface area contributed by atoms with Gasteiger partial charge in [0.05, 0.1) is 6.10 Å². The van der Waals surface area contributed by atoms with Crippen LogP contribution in [0.1, 0.15) is 12.5 Å². The van der Waals surface area contributed by atoms with E-state index in [0.717, 1.165) is 6.54 Å². The molecular formula is C13H20N2O. The van der Waals surface area contributed by atoms with Crippen LogP contribution in [-0.4, -0.2) is 36.9 Å². The molecule has 0 saturated carbocycles. The Bertz CT molecular complexity index is 336. The Kier molecular flexibility index (Phi) is 3.46. The molecule has 0 aliphatic carbocycles. The van der Waals surface area contributed by atoms with Crippen molar-refractivity contribution in [2.24, 2.45) is 0 Å². The van der Waals surface area contributed by atoms with Crippen LogP contribution in [0.4, 0.5) is 5.69 Å². The summed E-state index contributed by atoms with van der Waals surface area (Å²) in [7, 11) is 0. The average molecular weight is 220 g/mol. The van der Waals surface area contributed by atoms with Crippen LogP contribution in [0, 0.1) is 6.92 Å². The Morgan fingerprint density at radius 3 is 2.62 bits per heavy atom. The number of hydrogen-bond donors (Lipinski definition) is 2. The summed E-state index contributed by atoms with van der Waals surface area (Å²) in [5.41, 5.74) is 2.46. The van der Waals surface area contributed by atoms with Crippen LogP contribution in [0.25, 0.3) is 0 Å². The highest BCUT2D eigenvalue weighted by Gasteiger charge is 2.21. The van der Waals surface area contributed by atoms with Crippen molar-refractivity contribution in [3.05, 3.63) is 29.8 Å². The fourth-order valence-corrected chi connectivity index (χ4v) is 2.14. The van der Waals surface area contributed by atoms with E-state index in [-0.39, 0.29) is 6.10 Å². The lowest BCUT2D eigenvalue weighted by Crippen LogP contribution is -2.39. The van der Waals surface area contributed by atoms with Crippen molar-refractivity contribution >= 4 is 5.69 Å². The van der Waals surface area contributed by atoms with Crippen LogP contribution in [0.3, 0.4) is 0 Å². The molecule has 3 nitrogen and oxygen atoms in total. The topological polar surface area (TPSA) is 35.5 Å². The summed E-state index contributed by atoms with van der Waals surface area (Å²) in [5.74, 6) is 0. The highest BCUT2D eigenvalue weighted by Crippen LogP contribution is 2.19. The zero-order chi connectivity index (χ0) is 11.5. The number of rotatable bonds is 1. The molecule has 88 valence electrons. The van der Waals surface area contributed by atoms with Gasteiger partial charge in [-0.1, -0.05) is 17.7 Å². The third-order valence-corrected chi connectivity index (χ3v) is 3.12. The van der Waals surface area contributed by atoms with Gasteiger partial charge in [-0.2, -0.15) is 0 Å². The zero-order valence-corrected chi connectivity index (χ0v) is 9.98. The molecule has 2 rings (SSSR count). The molecule has 2 unspecified atom stereocenters. The van der Waals surface area contributed by atoms with Crippen molar-refractivity contribution in [2.45, 2.75) is 26.0 Å². The number of aryl methyl sites for hydroxylation is 1. The summed E-state index contributed by atoms with van der Waals surface area (Å²) in [6.07, 6.45) is -0.286. The predicted octanol–water partition coefficient (Wildman–Crippen LogP) is 1.15. The second kappa shape index (κ2) is 4.85. The lowest BCUT2D eigenvalue weighted by atomic mass is 10.1. The summed E-state index contributed by atoms with van der Waals surface area (Å²) in [4.78, 5) is 2.27. The van der Waals surface area contributed by atoms with Gasteiger partial charge in [0.1, 0.15) is 0 Å². The maximum Gasteiger partial charge on any atom is 0.0839 e. The highest BCUT2D eigenvalue weighted by atomic mass is 16.3. The van der Waals surface area contributed by atoms with Crippen LogP contribution < -0.4 is 10.2 Å². The molecule has 0 aromatic heterocycles. The Hall–Kier alpha value is -1.06. The maximum absolute atomic E-state index is 9.79. The van der Waals surface area contributed by atoms with Crippen molar-refractivity contribution in [1.29, 1.82) is 0 Å². The fourth-order valence-electron chi connectivity index (χ4n) is 2.14. The smallest absolute Gasteiger partial charge is 0.0839 e. The summed E-state index contributed by atoms with van der Waals surface area (Å²) in [6.45, 7) is 6.59. The molecule has 1 aliphatic heterocycles. The van der Waals surface area contributed by atoms with Gasteiger partial charge in [-0.05, 0) is 26.0 Å². The minimum absolute atomic E-state index is 0.286. The van der Waals surface area contributed by atoms with Crippen LogP contribution in [0.5, 0.6) is 0 Å². The molecule has 2 N–H and O–H groups in total. The average Bonchev–Trinajstić information content (AvgIpc) is 2.42. The van der Waals surface area contributed by atoms with Gasteiger partial charge in [0.15, 0.2) is 0 Å². The summed E-state index contributed by atoms with van der Waals surface area (Å²) in [5, 5.41) is 13.1. The molecule has 0 bridgehead atoms. The monoisotopic (exact) mass is 220 g/mol. The number of benzene rings is 1. The van der Waals surface area contributed by atoms with Crippen LogP contribution in [0.15, 0.2) is 24.3 Å².